The molecule has 0 aromatic rings. The van der Waals surface area contributed by atoms with E-state index in [9.17, 15) is 19.2 Å². The fourth-order valence-corrected chi connectivity index (χ4v) is 2.23. The minimum absolute atomic E-state index is 0.0310. The van der Waals surface area contributed by atoms with Crippen molar-refractivity contribution < 1.29 is 33.4 Å². The molecule has 26 heavy (non-hydrogen) atoms. The average molecular weight is 368 g/mol. The predicted molar refractivity (Wildman–Crippen MR) is 87.2 cm³/mol. The standard InChI is InChI=1S/C17H24N2O7/c1-2-9-24-16(22)13(5-7-18)17(23)26-11-4-3-10-25-15(21)12-6-8-19-14(12)20/h12-13H,2-6,8-11H2,1H3,(H,19,20). The van der Waals surface area contributed by atoms with Crippen LogP contribution in [0.1, 0.15) is 39.0 Å². The lowest BCUT2D eigenvalue weighted by molar-refractivity contribution is -0.162. The number of hydrogen-bond donors (Lipinski definition) is 1. The number of nitrogens with zero attached hydrogens (tertiary/aromatic N) is 1. The highest BCUT2D eigenvalue weighted by atomic mass is 16.6. The number of esters is 3. The summed E-state index contributed by atoms with van der Waals surface area (Å²) in [4.78, 5) is 46.6. The van der Waals surface area contributed by atoms with Crippen LogP contribution < -0.4 is 5.32 Å². The van der Waals surface area contributed by atoms with Gasteiger partial charge in [-0.05, 0) is 25.7 Å². The zero-order valence-electron chi connectivity index (χ0n) is 14.8. The Balaban J connectivity index is 2.21. The van der Waals surface area contributed by atoms with Crippen LogP contribution in [0.3, 0.4) is 0 Å². The first-order chi connectivity index (χ1) is 12.5. The summed E-state index contributed by atoms with van der Waals surface area (Å²) in [7, 11) is 0. The van der Waals surface area contributed by atoms with Gasteiger partial charge in [0.2, 0.25) is 5.91 Å². The van der Waals surface area contributed by atoms with Crippen LogP contribution in [-0.4, -0.2) is 50.2 Å². The lowest BCUT2D eigenvalue weighted by atomic mass is 10.1. The number of amides is 1. The summed E-state index contributed by atoms with van der Waals surface area (Å²) in [6.45, 7) is 2.61. The molecular weight excluding hydrogens is 344 g/mol. The highest BCUT2D eigenvalue weighted by Crippen LogP contribution is 2.12. The van der Waals surface area contributed by atoms with Gasteiger partial charge in [-0.1, -0.05) is 6.92 Å². The normalized spacial score (nSPS) is 16.9. The molecule has 1 fully saturated rings. The summed E-state index contributed by atoms with van der Waals surface area (Å²) < 4.78 is 14.9. The van der Waals surface area contributed by atoms with Crippen molar-refractivity contribution in [2.75, 3.05) is 26.4 Å². The largest absolute Gasteiger partial charge is 0.465 e. The number of unbranched alkanes of at least 4 members (excludes halogenated alkanes) is 1. The number of nitriles is 1. The van der Waals surface area contributed by atoms with Crippen molar-refractivity contribution >= 4 is 23.8 Å². The van der Waals surface area contributed by atoms with Gasteiger partial charge in [0.15, 0.2) is 5.92 Å². The molecule has 9 nitrogen and oxygen atoms in total. The Morgan fingerprint density at radius 2 is 1.77 bits per heavy atom. The van der Waals surface area contributed by atoms with Gasteiger partial charge in [-0.15, -0.1) is 0 Å². The molecule has 0 saturated carbocycles. The molecule has 0 radical (unpaired) electrons. The van der Waals surface area contributed by atoms with E-state index < -0.39 is 29.7 Å². The van der Waals surface area contributed by atoms with Crippen molar-refractivity contribution in [1.29, 1.82) is 5.26 Å². The van der Waals surface area contributed by atoms with Crippen LogP contribution >= 0.6 is 0 Å². The number of carbonyl (C=O) groups is 4. The van der Waals surface area contributed by atoms with E-state index in [2.05, 4.69) is 5.32 Å². The van der Waals surface area contributed by atoms with Crippen LogP contribution in [0.15, 0.2) is 0 Å². The fraction of sp³-hybridized carbons (Fsp3) is 0.706. The number of rotatable bonds is 11. The summed E-state index contributed by atoms with van der Waals surface area (Å²) in [5.74, 6) is -4.42. The van der Waals surface area contributed by atoms with E-state index in [0.29, 0.717) is 32.2 Å². The number of carbonyl (C=O) groups excluding carboxylic acids is 4. The smallest absolute Gasteiger partial charge is 0.321 e. The Kier molecular flexibility index (Phi) is 9.75. The first kappa shape index (κ1) is 21.4. The van der Waals surface area contributed by atoms with Gasteiger partial charge in [0.05, 0.1) is 32.3 Å². The van der Waals surface area contributed by atoms with E-state index in [1.54, 1.807) is 6.07 Å². The molecule has 1 N–H and O–H groups in total. The van der Waals surface area contributed by atoms with Gasteiger partial charge >= 0.3 is 17.9 Å². The second-order valence-corrected chi connectivity index (χ2v) is 5.76. The molecule has 0 spiro atoms. The van der Waals surface area contributed by atoms with E-state index >= 15 is 0 Å². The van der Waals surface area contributed by atoms with Gasteiger partial charge in [-0.2, -0.15) is 5.26 Å². The van der Waals surface area contributed by atoms with E-state index in [-0.39, 0.29) is 32.1 Å². The van der Waals surface area contributed by atoms with E-state index in [4.69, 9.17) is 19.5 Å². The lowest BCUT2D eigenvalue weighted by Gasteiger charge is -2.12. The zero-order valence-corrected chi connectivity index (χ0v) is 14.8. The second kappa shape index (κ2) is 11.8. The average Bonchev–Trinajstić information content (AvgIpc) is 3.06. The third-order valence-corrected chi connectivity index (χ3v) is 3.67. The Bertz CT molecular complexity index is 556. The van der Waals surface area contributed by atoms with Gasteiger partial charge in [0.25, 0.3) is 0 Å². The summed E-state index contributed by atoms with van der Waals surface area (Å²) in [5.41, 5.74) is 0. The third kappa shape index (κ3) is 7.09. The summed E-state index contributed by atoms with van der Waals surface area (Å²) in [6.07, 6.45) is 1.60. The number of nitrogens with one attached hydrogen (secondary N) is 1. The van der Waals surface area contributed by atoms with Crippen molar-refractivity contribution in [3.05, 3.63) is 0 Å². The minimum Gasteiger partial charge on any atom is -0.465 e. The topological polar surface area (TPSA) is 132 Å². The Labute approximate surface area is 152 Å². The van der Waals surface area contributed by atoms with Crippen LogP contribution in [0.4, 0.5) is 0 Å². The summed E-state index contributed by atoms with van der Waals surface area (Å²) in [6, 6.07) is 1.77. The van der Waals surface area contributed by atoms with Crippen molar-refractivity contribution in [1.82, 2.24) is 5.32 Å². The van der Waals surface area contributed by atoms with E-state index in [1.165, 1.54) is 0 Å². The molecule has 144 valence electrons. The number of ether oxygens (including phenoxy) is 3. The van der Waals surface area contributed by atoms with Crippen LogP contribution in [0.2, 0.25) is 0 Å². The molecule has 0 aromatic carbocycles. The fourth-order valence-electron chi connectivity index (χ4n) is 2.23. The van der Waals surface area contributed by atoms with Gasteiger partial charge in [-0.3, -0.25) is 19.2 Å². The van der Waals surface area contributed by atoms with Gasteiger partial charge in [0, 0.05) is 6.54 Å². The van der Waals surface area contributed by atoms with Crippen molar-refractivity contribution in [3.8, 4) is 6.07 Å². The molecule has 1 rings (SSSR count). The molecule has 1 aliphatic heterocycles. The maximum atomic E-state index is 11.9. The Morgan fingerprint density at radius 1 is 1.15 bits per heavy atom. The first-order valence-corrected chi connectivity index (χ1v) is 8.65. The Morgan fingerprint density at radius 3 is 2.31 bits per heavy atom. The highest BCUT2D eigenvalue weighted by Gasteiger charge is 2.32. The first-order valence-electron chi connectivity index (χ1n) is 8.65. The molecule has 0 aliphatic carbocycles. The quantitative estimate of drug-likeness (QED) is 0.241. The molecule has 9 heteroatoms. The minimum atomic E-state index is -1.25. The van der Waals surface area contributed by atoms with Crippen LogP contribution in [0, 0.1) is 23.2 Å². The van der Waals surface area contributed by atoms with Crippen molar-refractivity contribution in [2.45, 2.75) is 39.0 Å². The predicted octanol–water partition coefficient (Wildman–Crippen LogP) is 0.472. The van der Waals surface area contributed by atoms with Gasteiger partial charge in [-0.25, -0.2) is 0 Å². The van der Waals surface area contributed by atoms with Crippen LogP contribution in [-0.2, 0) is 33.4 Å². The van der Waals surface area contributed by atoms with Crippen molar-refractivity contribution in [2.24, 2.45) is 11.8 Å². The molecule has 2 atom stereocenters. The summed E-state index contributed by atoms with van der Waals surface area (Å²) >= 11 is 0. The molecular formula is C17H24N2O7. The number of hydrogen-bond acceptors (Lipinski definition) is 8. The van der Waals surface area contributed by atoms with Crippen LogP contribution in [0.25, 0.3) is 0 Å². The van der Waals surface area contributed by atoms with E-state index in [1.807, 2.05) is 6.92 Å². The molecule has 2 unspecified atom stereocenters. The second-order valence-electron chi connectivity index (χ2n) is 5.76. The van der Waals surface area contributed by atoms with Gasteiger partial charge < -0.3 is 19.5 Å². The molecule has 0 aromatic heterocycles. The third-order valence-electron chi connectivity index (χ3n) is 3.67. The van der Waals surface area contributed by atoms with Gasteiger partial charge in [0.1, 0.15) is 5.92 Å². The monoisotopic (exact) mass is 368 g/mol. The molecule has 1 heterocycles. The Hall–Kier alpha value is -2.63. The maximum absolute atomic E-state index is 11.9. The lowest BCUT2D eigenvalue weighted by Crippen LogP contribution is -2.28. The molecule has 1 amide bonds. The maximum Gasteiger partial charge on any atom is 0.321 e. The van der Waals surface area contributed by atoms with Crippen LogP contribution in [0.5, 0.6) is 0 Å². The SMILES string of the molecule is CCCOC(=O)C(CC#N)C(=O)OCCCCOC(=O)C1CCNC1=O. The molecule has 0 bridgehead atoms. The summed E-state index contributed by atoms with van der Waals surface area (Å²) in [5, 5.41) is 11.3. The molecule has 1 saturated heterocycles. The van der Waals surface area contributed by atoms with Crippen molar-refractivity contribution in [3.63, 3.8) is 0 Å². The molecule has 1 aliphatic rings. The van der Waals surface area contributed by atoms with E-state index in [0.717, 1.165) is 0 Å². The highest BCUT2D eigenvalue weighted by molar-refractivity contribution is 5.99. The zero-order chi connectivity index (χ0) is 19.4.